The molecule has 1 aliphatic rings. The second-order valence-corrected chi connectivity index (χ2v) is 5.52. The summed E-state index contributed by atoms with van der Waals surface area (Å²) in [6.45, 7) is 2.50. The Hall–Kier alpha value is -2.24. The molecule has 0 saturated carbocycles. The summed E-state index contributed by atoms with van der Waals surface area (Å²) >= 11 is 0. The summed E-state index contributed by atoms with van der Waals surface area (Å²) in [7, 11) is 1.63. The molecule has 0 fully saturated rings. The lowest BCUT2D eigenvalue weighted by molar-refractivity contribution is 0.0535. The molecule has 0 amide bonds. The minimum atomic E-state index is -0.418. The third-order valence-corrected chi connectivity index (χ3v) is 3.83. The van der Waals surface area contributed by atoms with Gasteiger partial charge in [0.2, 0.25) is 0 Å². The van der Waals surface area contributed by atoms with E-state index in [0.717, 1.165) is 22.4 Å². The fourth-order valence-corrected chi connectivity index (χ4v) is 2.46. The van der Waals surface area contributed by atoms with Crippen LogP contribution in [0.4, 0.5) is 0 Å². The Morgan fingerprint density at radius 1 is 1.27 bits per heavy atom. The van der Waals surface area contributed by atoms with Crippen LogP contribution < -0.4 is 10.5 Å². The van der Waals surface area contributed by atoms with Crippen LogP contribution in [0.2, 0.25) is 0 Å². The molecule has 5 heteroatoms. The summed E-state index contributed by atoms with van der Waals surface area (Å²) in [5.41, 5.74) is 8.42. The van der Waals surface area contributed by atoms with Gasteiger partial charge in [0.05, 0.1) is 19.9 Å². The lowest BCUT2D eigenvalue weighted by Gasteiger charge is -2.31. The number of nitrogens with two attached hydrogens (primary N) is 1. The number of nitrogens with zero attached hydrogens (tertiary/aromatic N) is 2. The van der Waals surface area contributed by atoms with Gasteiger partial charge in [-0.15, -0.1) is 0 Å². The van der Waals surface area contributed by atoms with Crippen molar-refractivity contribution in [2.45, 2.75) is 18.7 Å². The molecule has 2 aromatic rings. The number of aromatic nitrogens is 1. The average molecular weight is 297 g/mol. The van der Waals surface area contributed by atoms with Gasteiger partial charge in [-0.05, 0) is 30.2 Å². The van der Waals surface area contributed by atoms with E-state index < -0.39 is 11.8 Å². The highest BCUT2D eigenvalue weighted by Crippen LogP contribution is 2.31. The maximum Gasteiger partial charge on any atom is 0.141 e. The van der Waals surface area contributed by atoms with E-state index >= 15 is 0 Å². The van der Waals surface area contributed by atoms with Crippen molar-refractivity contribution in [3.05, 3.63) is 48.3 Å². The zero-order chi connectivity index (χ0) is 15.6. The van der Waals surface area contributed by atoms with Gasteiger partial charge in [0.1, 0.15) is 17.5 Å². The van der Waals surface area contributed by atoms with Crippen LogP contribution in [0.15, 0.2) is 47.7 Å². The molecule has 0 aliphatic carbocycles. The van der Waals surface area contributed by atoms with E-state index in [1.54, 1.807) is 19.5 Å². The molecule has 0 radical (unpaired) electrons. The number of benzene rings is 1. The van der Waals surface area contributed by atoms with E-state index in [0.29, 0.717) is 6.61 Å². The van der Waals surface area contributed by atoms with E-state index in [-0.39, 0.29) is 0 Å². The van der Waals surface area contributed by atoms with Gasteiger partial charge in [-0.3, -0.25) is 9.98 Å². The molecule has 1 aromatic heterocycles. The Kier molecular flexibility index (Phi) is 3.92. The number of aliphatic imine (C=N–C) groups is 1. The molecule has 0 unspecified atom stereocenters. The molecule has 5 nitrogen and oxygen atoms in total. The van der Waals surface area contributed by atoms with Crippen molar-refractivity contribution >= 4 is 6.21 Å². The topological polar surface area (TPSA) is 69.7 Å². The molecule has 1 aliphatic heterocycles. The minimum Gasteiger partial charge on any atom is -0.495 e. The Morgan fingerprint density at radius 2 is 2.14 bits per heavy atom. The van der Waals surface area contributed by atoms with Crippen LogP contribution >= 0.6 is 0 Å². The van der Waals surface area contributed by atoms with Gasteiger partial charge in [-0.1, -0.05) is 18.2 Å². The van der Waals surface area contributed by atoms with Crippen LogP contribution in [0.1, 0.15) is 12.5 Å². The van der Waals surface area contributed by atoms with E-state index in [4.69, 9.17) is 15.2 Å². The number of pyridine rings is 1. The van der Waals surface area contributed by atoms with Gasteiger partial charge in [0.25, 0.3) is 0 Å². The fourth-order valence-electron chi connectivity index (χ4n) is 2.46. The van der Waals surface area contributed by atoms with Gasteiger partial charge in [-0.2, -0.15) is 0 Å². The number of methoxy groups -OCH3 is 1. The van der Waals surface area contributed by atoms with Crippen molar-refractivity contribution < 1.29 is 9.47 Å². The second-order valence-electron chi connectivity index (χ2n) is 5.52. The second kappa shape index (κ2) is 5.87. The lowest BCUT2D eigenvalue weighted by Crippen LogP contribution is -2.39. The third kappa shape index (κ3) is 2.86. The summed E-state index contributed by atoms with van der Waals surface area (Å²) in [5.74, 6) is 0.735. The molecule has 22 heavy (non-hydrogen) atoms. The Labute approximate surface area is 129 Å². The van der Waals surface area contributed by atoms with Crippen molar-refractivity contribution in [1.82, 2.24) is 4.98 Å². The SMILES string of the molecule is COc1cncc(-c2cccc([C@@]3(C)CO[C@H](N)C=N3)c2)c1. The highest BCUT2D eigenvalue weighted by atomic mass is 16.5. The first-order valence-corrected chi connectivity index (χ1v) is 7.13. The minimum absolute atomic E-state index is 0.418. The summed E-state index contributed by atoms with van der Waals surface area (Å²) in [5, 5.41) is 0. The summed E-state index contributed by atoms with van der Waals surface area (Å²) in [6.07, 6.45) is 4.75. The van der Waals surface area contributed by atoms with Gasteiger partial charge in [0, 0.05) is 18.0 Å². The Bertz CT molecular complexity index is 702. The van der Waals surface area contributed by atoms with Crippen LogP contribution in [-0.4, -0.2) is 31.1 Å². The van der Waals surface area contributed by atoms with Crippen LogP contribution in [-0.2, 0) is 10.3 Å². The standard InChI is InChI=1S/C17H19N3O2/c1-17(11-22-16(18)10-20-17)14-5-3-4-12(6-14)13-7-15(21-2)9-19-8-13/h3-10,16H,11,18H2,1-2H3/t16-,17+/m0/s1. The van der Waals surface area contributed by atoms with Crippen molar-refractivity contribution in [1.29, 1.82) is 0 Å². The zero-order valence-corrected chi connectivity index (χ0v) is 12.7. The largest absolute Gasteiger partial charge is 0.495 e. The molecule has 114 valence electrons. The van der Waals surface area contributed by atoms with E-state index in [9.17, 15) is 0 Å². The monoisotopic (exact) mass is 297 g/mol. The number of hydrogen-bond donors (Lipinski definition) is 1. The van der Waals surface area contributed by atoms with Gasteiger partial charge < -0.3 is 15.2 Å². The van der Waals surface area contributed by atoms with Gasteiger partial charge in [-0.25, -0.2) is 0 Å². The average Bonchev–Trinajstić information content (AvgIpc) is 2.58. The molecular formula is C17H19N3O2. The van der Waals surface area contributed by atoms with E-state index in [1.807, 2.05) is 31.3 Å². The highest BCUT2D eigenvalue weighted by molar-refractivity contribution is 5.67. The van der Waals surface area contributed by atoms with Crippen molar-refractivity contribution in [2.24, 2.45) is 10.7 Å². The van der Waals surface area contributed by atoms with Crippen LogP contribution in [0.25, 0.3) is 11.1 Å². The van der Waals surface area contributed by atoms with E-state index in [2.05, 4.69) is 22.1 Å². The Morgan fingerprint density at radius 3 is 2.86 bits per heavy atom. The van der Waals surface area contributed by atoms with E-state index in [1.165, 1.54) is 0 Å². The predicted octanol–water partition coefficient (Wildman–Crippen LogP) is 2.36. The first-order valence-electron chi connectivity index (χ1n) is 7.13. The van der Waals surface area contributed by atoms with Crippen LogP contribution in [0.3, 0.4) is 0 Å². The quantitative estimate of drug-likeness (QED) is 0.944. The van der Waals surface area contributed by atoms with Crippen molar-refractivity contribution in [3.63, 3.8) is 0 Å². The normalized spacial score (nSPS) is 24.2. The fraction of sp³-hybridized carbons (Fsp3) is 0.294. The number of ether oxygens (including phenoxy) is 2. The maximum atomic E-state index is 5.69. The summed E-state index contributed by atoms with van der Waals surface area (Å²) < 4.78 is 10.8. The predicted molar refractivity (Wildman–Crippen MR) is 86.0 cm³/mol. The van der Waals surface area contributed by atoms with Gasteiger partial charge in [0.15, 0.2) is 0 Å². The molecular weight excluding hydrogens is 278 g/mol. The zero-order valence-electron chi connectivity index (χ0n) is 12.7. The maximum absolute atomic E-state index is 5.69. The molecule has 2 heterocycles. The molecule has 1 aromatic carbocycles. The van der Waals surface area contributed by atoms with Crippen molar-refractivity contribution in [2.75, 3.05) is 13.7 Å². The van der Waals surface area contributed by atoms with Crippen LogP contribution in [0.5, 0.6) is 5.75 Å². The van der Waals surface area contributed by atoms with Crippen LogP contribution in [0, 0.1) is 0 Å². The molecule has 0 bridgehead atoms. The van der Waals surface area contributed by atoms with Gasteiger partial charge >= 0.3 is 0 Å². The number of rotatable bonds is 3. The highest BCUT2D eigenvalue weighted by Gasteiger charge is 2.29. The summed E-state index contributed by atoms with van der Waals surface area (Å²) in [6, 6.07) is 10.2. The first kappa shape index (κ1) is 14.7. The molecule has 3 rings (SSSR count). The third-order valence-electron chi connectivity index (χ3n) is 3.83. The summed E-state index contributed by atoms with van der Waals surface area (Å²) in [4.78, 5) is 8.77. The Balaban J connectivity index is 1.97. The number of hydrogen-bond acceptors (Lipinski definition) is 5. The molecule has 0 spiro atoms. The molecule has 2 N–H and O–H groups in total. The smallest absolute Gasteiger partial charge is 0.141 e. The van der Waals surface area contributed by atoms with Crippen molar-refractivity contribution in [3.8, 4) is 16.9 Å². The lowest BCUT2D eigenvalue weighted by atomic mass is 9.90. The molecule has 2 atom stereocenters. The molecule has 0 saturated heterocycles. The first-order chi connectivity index (χ1) is 10.6.